The zero-order valence-electron chi connectivity index (χ0n) is 13.4. The maximum atomic E-state index is 12.2. The maximum absolute atomic E-state index is 12.2. The minimum absolute atomic E-state index is 0.0353. The van der Waals surface area contributed by atoms with Crippen molar-refractivity contribution in [2.75, 3.05) is 17.3 Å². The lowest BCUT2D eigenvalue weighted by Gasteiger charge is -2.15. The van der Waals surface area contributed by atoms with Gasteiger partial charge in [-0.3, -0.25) is 9.59 Å². The highest BCUT2D eigenvalue weighted by molar-refractivity contribution is 6.31. The van der Waals surface area contributed by atoms with Crippen LogP contribution in [0.2, 0.25) is 5.02 Å². The van der Waals surface area contributed by atoms with Crippen LogP contribution >= 0.6 is 11.6 Å². The minimum atomic E-state index is -0.108. The number of rotatable bonds is 4. The van der Waals surface area contributed by atoms with E-state index in [1.54, 1.807) is 24.1 Å². The predicted molar refractivity (Wildman–Crippen MR) is 94.0 cm³/mol. The summed E-state index contributed by atoms with van der Waals surface area (Å²) in [5.41, 5.74) is 3.24. The van der Waals surface area contributed by atoms with Crippen LogP contribution in [-0.2, 0) is 16.0 Å². The molecule has 0 aliphatic carbocycles. The van der Waals surface area contributed by atoms with Gasteiger partial charge >= 0.3 is 0 Å². The lowest BCUT2D eigenvalue weighted by Crippen LogP contribution is -2.22. The van der Waals surface area contributed by atoms with Crippen LogP contribution in [0.3, 0.4) is 0 Å². The van der Waals surface area contributed by atoms with Gasteiger partial charge in [-0.25, -0.2) is 0 Å². The van der Waals surface area contributed by atoms with Crippen LogP contribution in [0.5, 0.6) is 0 Å². The van der Waals surface area contributed by atoms with Gasteiger partial charge in [0, 0.05) is 30.4 Å². The van der Waals surface area contributed by atoms with Crippen LogP contribution in [0.25, 0.3) is 0 Å². The molecule has 0 heterocycles. The molecule has 0 atom stereocenters. The van der Waals surface area contributed by atoms with Crippen molar-refractivity contribution >= 4 is 34.8 Å². The van der Waals surface area contributed by atoms with E-state index in [0.29, 0.717) is 5.02 Å². The molecule has 0 saturated carbocycles. The first-order chi connectivity index (χ1) is 10.9. The molecule has 0 aromatic heterocycles. The standard InChI is InChI=1S/C18H19ClN2O2/c1-12-16(19)5-4-6-17(12)20-18(23)11-14-7-9-15(10-8-14)21(3)13(2)22/h4-10H,11H2,1-3H3,(H,20,23). The fourth-order valence-electron chi connectivity index (χ4n) is 2.14. The first kappa shape index (κ1) is 17.0. The molecule has 0 aliphatic rings. The van der Waals surface area contributed by atoms with Crippen molar-refractivity contribution in [2.45, 2.75) is 20.3 Å². The number of halogens is 1. The third-order valence-electron chi connectivity index (χ3n) is 3.70. The number of hydrogen-bond donors (Lipinski definition) is 1. The zero-order valence-corrected chi connectivity index (χ0v) is 14.1. The molecule has 120 valence electrons. The number of benzene rings is 2. The van der Waals surface area contributed by atoms with Gasteiger partial charge in [0.1, 0.15) is 0 Å². The van der Waals surface area contributed by atoms with E-state index in [1.807, 2.05) is 37.3 Å². The summed E-state index contributed by atoms with van der Waals surface area (Å²) in [6.45, 7) is 3.37. The van der Waals surface area contributed by atoms with E-state index in [9.17, 15) is 9.59 Å². The van der Waals surface area contributed by atoms with Crippen LogP contribution in [0.15, 0.2) is 42.5 Å². The first-order valence-electron chi connectivity index (χ1n) is 7.26. The lowest BCUT2D eigenvalue weighted by molar-refractivity contribution is -0.116. The van der Waals surface area contributed by atoms with Crippen LogP contribution in [0, 0.1) is 6.92 Å². The second kappa shape index (κ2) is 7.29. The largest absolute Gasteiger partial charge is 0.326 e. The van der Waals surface area contributed by atoms with Crippen molar-refractivity contribution in [3.63, 3.8) is 0 Å². The molecule has 0 unspecified atom stereocenters. The fraction of sp³-hybridized carbons (Fsp3) is 0.222. The summed E-state index contributed by atoms with van der Waals surface area (Å²) in [6, 6.07) is 12.8. The average molecular weight is 331 g/mol. The highest BCUT2D eigenvalue weighted by Crippen LogP contribution is 2.23. The van der Waals surface area contributed by atoms with Gasteiger partial charge in [-0.2, -0.15) is 0 Å². The molecule has 0 fully saturated rings. The Kier molecular flexibility index (Phi) is 5.40. The third-order valence-corrected chi connectivity index (χ3v) is 4.11. The Morgan fingerprint density at radius 3 is 2.39 bits per heavy atom. The topological polar surface area (TPSA) is 49.4 Å². The number of amides is 2. The van der Waals surface area contributed by atoms with E-state index < -0.39 is 0 Å². The Labute approximate surface area is 141 Å². The van der Waals surface area contributed by atoms with E-state index in [0.717, 1.165) is 22.5 Å². The van der Waals surface area contributed by atoms with Crippen molar-refractivity contribution < 1.29 is 9.59 Å². The Morgan fingerprint density at radius 1 is 1.13 bits per heavy atom. The van der Waals surface area contributed by atoms with E-state index in [-0.39, 0.29) is 18.2 Å². The summed E-state index contributed by atoms with van der Waals surface area (Å²) in [5.74, 6) is -0.144. The van der Waals surface area contributed by atoms with Gasteiger partial charge in [-0.15, -0.1) is 0 Å². The zero-order chi connectivity index (χ0) is 17.0. The van der Waals surface area contributed by atoms with E-state index in [2.05, 4.69) is 5.32 Å². The minimum Gasteiger partial charge on any atom is -0.326 e. The normalized spacial score (nSPS) is 10.3. The number of carbonyl (C=O) groups excluding carboxylic acids is 2. The monoisotopic (exact) mass is 330 g/mol. The van der Waals surface area contributed by atoms with Crippen molar-refractivity contribution in [3.05, 3.63) is 58.6 Å². The molecule has 2 amide bonds. The second-order valence-corrected chi connectivity index (χ2v) is 5.79. The summed E-state index contributed by atoms with van der Waals surface area (Å²) in [6.07, 6.45) is 0.260. The smallest absolute Gasteiger partial charge is 0.228 e. The summed E-state index contributed by atoms with van der Waals surface area (Å²) >= 11 is 6.05. The van der Waals surface area contributed by atoms with Gasteiger partial charge in [0.05, 0.1) is 6.42 Å². The number of nitrogens with one attached hydrogen (secondary N) is 1. The Balaban J connectivity index is 2.03. The molecule has 0 bridgehead atoms. The van der Waals surface area contributed by atoms with Gasteiger partial charge < -0.3 is 10.2 Å². The highest BCUT2D eigenvalue weighted by Gasteiger charge is 2.09. The van der Waals surface area contributed by atoms with Gasteiger partial charge in [0.2, 0.25) is 11.8 Å². The molecule has 2 rings (SSSR count). The molecule has 2 aromatic carbocycles. The van der Waals surface area contributed by atoms with Gasteiger partial charge in [-0.05, 0) is 42.3 Å². The van der Waals surface area contributed by atoms with Crippen molar-refractivity contribution in [3.8, 4) is 0 Å². The number of carbonyl (C=O) groups is 2. The van der Waals surface area contributed by atoms with Crippen LogP contribution in [-0.4, -0.2) is 18.9 Å². The quantitative estimate of drug-likeness (QED) is 0.926. The molecular weight excluding hydrogens is 312 g/mol. The van der Waals surface area contributed by atoms with Crippen LogP contribution in [0.4, 0.5) is 11.4 Å². The summed E-state index contributed by atoms with van der Waals surface area (Å²) < 4.78 is 0. The summed E-state index contributed by atoms with van der Waals surface area (Å²) in [7, 11) is 1.71. The van der Waals surface area contributed by atoms with Crippen molar-refractivity contribution in [2.24, 2.45) is 0 Å². The molecule has 0 radical (unpaired) electrons. The highest BCUT2D eigenvalue weighted by atomic mass is 35.5. The molecule has 0 saturated heterocycles. The van der Waals surface area contributed by atoms with Crippen LogP contribution in [0.1, 0.15) is 18.1 Å². The van der Waals surface area contributed by atoms with Gasteiger partial charge in [-0.1, -0.05) is 29.8 Å². The van der Waals surface area contributed by atoms with E-state index >= 15 is 0 Å². The molecule has 5 heteroatoms. The second-order valence-electron chi connectivity index (χ2n) is 5.38. The first-order valence-corrected chi connectivity index (χ1v) is 7.64. The summed E-state index contributed by atoms with van der Waals surface area (Å²) in [5, 5.41) is 3.49. The van der Waals surface area contributed by atoms with Crippen LogP contribution < -0.4 is 10.2 Å². The van der Waals surface area contributed by atoms with Gasteiger partial charge in [0.15, 0.2) is 0 Å². The molecule has 0 spiro atoms. The van der Waals surface area contributed by atoms with Crippen molar-refractivity contribution in [1.29, 1.82) is 0 Å². The Bertz CT molecular complexity index is 726. The summed E-state index contributed by atoms with van der Waals surface area (Å²) in [4.78, 5) is 25.0. The maximum Gasteiger partial charge on any atom is 0.228 e. The Hall–Kier alpha value is -2.33. The van der Waals surface area contributed by atoms with E-state index in [4.69, 9.17) is 11.6 Å². The SMILES string of the molecule is CC(=O)N(C)c1ccc(CC(=O)Nc2cccc(Cl)c2C)cc1. The number of anilines is 2. The number of nitrogens with zero attached hydrogens (tertiary/aromatic N) is 1. The molecule has 0 aliphatic heterocycles. The average Bonchev–Trinajstić information content (AvgIpc) is 2.52. The Morgan fingerprint density at radius 2 is 1.78 bits per heavy atom. The molecule has 4 nitrogen and oxygen atoms in total. The molecule has 2 aromatic rings. The van der Waals surface area contributed by atoms with Crippen molar-refractivity contribution in [1.82, 2.24) is 0 Å². The molecular formula is C18H19ClN2O2. The van der Waals surface area contributed by atoms with E-state index in [1.165, 1.54) is 6.92 Å². The third kappa shape index (κ3) is 4.33. The lowest BCUT2D eigenvalue weighted by atomic mass is 10.1. The molecule has 1 N–H and O–H groups in total. The number of hydrogen-bond acceptors (Lipinski definition) is 2. The fourth-order valence-corrected chi connectivity index (χ4v) is 2.32. The molecule has 23 heavy (non-hydrogen) atoms. The van der Waals surface area contributed by atoms with Gasteiger partial charge in [0.25, 0.3) is 0 Å². The predicted octanol–water partition coefficient (Wildman–Crippen LogP) is 3.81.